The summed E-state index contributed by atoms with van der Waals surface area (Å²) >= 11 is 3.53. The van der Waals surface area contributed by atoms with Crippen molar-refractivity contribution in [1.29, 1.82) is 0 Å². The van der Waals surface area contributed by atoms with E-state index in [2.05, 4.69) is 20.7 Å². The number of aromatic nitrogens is 1. The lowest BCUT2D eigenvalue weighted by atomic mass is 9.97. The number of hydrogen-bond donors (Lipinski definition) is 1. The van der Waals surface area contributed by atoms with Gasteiger partial charge in [0.1, 0.15) is 5.75 Å². The quantitative estimate of drug-likeness (QED) is 0.163. The van der Waals surface area contributed by atoms with Crippen LogP contribution in [-0.2, 0) is 24.8 Å². The van der Waals surface area contributed by atoms with Crippen LogP contribution in [0.4, 0.5) is 0 Å². The lowest BCUT2D eigenvalue weighted by Gasteiger charge is -2.25. The Kier molecular flexibility index (Phi) is 9.10. The minimum absolute atomic E-state index is 0.0514. The van der Waals surface area contributed by atoms with Crippen molar-refractivity contribution in [2.45, 2.75) is 28.9 Å². The number of hydrogen-bond acceptors (Lipinski definition) is 6. The summed E-state index contributed by atoms with van der Waals surface area (Å²) in [6.07, 6.45) is -0.614. The van der Waals surface area contributed by atoms with Gasteiger partial charge in [0.25, 0.3) is 10.0 Å². The number of fused-ring (bicyclic) bond motifs is 1. The van der Waals surface area contributed by atoms with Gasteiger partial charge in [-0.25, -0.2) is 20.8 Å². The van der Waals surface area contributed by atoms with Crippen LogP contribution in [0, 0.1) is 6.92 Å². The highest BCUT2D eigenvalue weighted by molar-refractivity contribution is 9.09. The standard InChI is InChI=1S/C32H31BrN2O6S2/c1-22-13-19-25(20-14-22)42(36,37)34-31(23-15-17-24(40-2)18-16-23)32-30(29(21-33)41-3)27-11-7-8-12-28(27)35(32)43(38,39)26-9-5-4-6-10-26/h4-20,29,31,34H,21H2,1-3H3. The van der Waals surface area contributed by atoms with Gasteiger partial charge in [-0.2, -0.15) is 4.72 Å². The van der Waals surface area contributed by atoms with Gasteiger partial charge in [0, 0.05) is 23.4 Å². The molecule has 1 heterocycles. The van der Waals surface area contributed by atoms with Gasteiger partial charge in [-0.15, -0.1) is 0 Å². The Labute approximate surface area is 260 Å². The number of methoxy groups -OCH3 is 2. The van der Waals surface area contributed by atoms with Gasteiger partial charge >= 0.3 is 0 Å². The Hall–Kier alpha value is -3.48. The van der Waals surface area contributed by atoms with E-state index in [9.17, 15) is 16.8 Å². The number of ether oxygens (including phenoxy) is 2. The van der Waals surface area contributed by atoms with E-state index in [1.807, 2.05) is 19.1 Å². The van der Waals surface area contributed by atoms with E-state index in [0.29, 0.717) is 33.1 Å². The molecule has 0 radical (unpaired) electrons. The molecule has 0 fully saturated rings. The zero-order chi connectivity index (χ0) is 30.8. The highest BCUT2D eigenvalue weighted by Crippen LogP contribution is 2.41. The summed E-state index contributed by atoms with van der Waals surface area (Å²) < 4.78 is 72.2. The van der Waals surface area contributed by atoms with E-state index in [1.54, 1.807) is 66.7 Å². The van der Waals surface area contributed by atoms with Crippen molar-refractivity contribution in [3.63, 3.8) is 0 Å². The predicted molar refractivity (Wildman–Crippen MR) is 171 cm³/mol. The molecular weight excluding hydrogens is 652 g/mol. The van der Waals surface area contributed by atoms with Gasteiger partial charge in [-0.05, 0) is 55.0 Å². The summed E-state index contributed by atoms with van der Waals surface area (Å²) in [6, 6.07) is 27.4. The Morgan fingerprint density at radius 2 is 1.42 bits per heavy atom. The molecule has 5 rings (SSSR count). The number of nitrogens with zero attached hydrogens (tertiary/aromatic N) is 1. The molecule has 2 unspecified atom stereocenters. The van der Waals surface area contributed by atoms with Crippen LogP contribution < -0.4 is 9.46 Å². The van der Waals surface area contributed by atoms with Crippen molar-refractivity contribution >= 4 is 46.9 Å². The molecule has 0 saturated heterocycles. The Bertz CT molecular complexity index is 1940. The number of rotatable bonds is 11. The van der Waals surface area contributed by atoms with Gasteiger partial charge in [0.2, 0.25) is 10.0 Å². The second-order valence-electron chi connectivity index (χ2n) is 9.92. The van der Waals surface area contributed by atoms with Gasteiger partial charge < -0.3 is 9.47 Å². The first-order valence-electron chi connectivity index (χ1n) is 13.4. The molecule has 11 heteroatoms. The van der Waals surface area contributed by atoms with Gasteiger partial charge in [0.15, 0.2) is 0 Å². The van der Waals surface area contributed by atoms with Gasteiger partial charge in [0.05, 0.1) is 40.3 Å². The predicted octanol–water partition coefficient (Wildman–Crippen LogP) is 6.35. The summed E-state index contributed by atoms with van der Waals surface area (Å²) in [5, 5.41) is 0.951. The molecule has 0 aliphatic carbocycles. The summed E-state index contributed by atoms with van der Waals surface area (Å²) in [5.41, 5.74) is 2.57. The summed E-state index contributed by atoms with van der Waals surface area (Å²) in [6.45, 7) is 1.87. The average Bonchev–Trinajstić information content (AvgIpc) is 3.37. The van der Waals surface area contributed by atoms with E-state index in [0.717, 1.165) is 5.56 Å². The molecule has 0 bridgehead atoms. The monoisotopic (exact) mass is 682 g/mol. The van der Waals surface area contributed by atoms with Crippen LogP contribution in [0.3, 0.4) is 0 Å². The Morgan fingerprint density at radius 1 is 0.791 bits per heavy atom. The molecular formula is C32H31BrN2O6S2. The molecule has 1 aromatic heterocycles. The molecule has 1 N–H and O–H groups in total. The average molecular weight is 684 g/mol. The molecule has 8 nitrogen and oxygen atoms in total. The van der Waals surface area contributed by atoms with Crippen molar-refractivity contribution in [3.8, 4) is 5.75 Å². The first kappa shape index (κ1) is 31.0. The fourth-order valence-electron chi connectivity index (χ4n) is 5.10. The second-order valence-corrected chi connectivity index (χ2v) is 14.1. The maximum absolute atomic E-state index is 14.5. The minimum atomic E-state index is -4.23. The lowest BCUT2D eigenvalue weighted by molar-refractivity contribution is 0.124. The third kappa shape index (κ3) is 6.00. The number of benzene rings is 4. The minimum Gasteiger partial charge on any atom is -0.497 e. The van der Waals surface area contributed by atoms with Crippen molar-refractivity contribution in [2.24, 2.45) is 0 Å². The third-order valence-electron chi connectivity index (χ3n) is 7.26. The molecule has 0 aliphatic heterocycles. The van der Waals surface area contributed by atoms with Crippen LogP contribution in [0.15, 0.2) is 113 Å². The van der Waals surface area contributed by atoms with E-state index >= 15 is 0 Å². The molecule has 0 amide bonds. The molecule has 5 aromatic rings. The topological polar surface area (TPSA) is 104 Å². The number of sulfonamides is 1. The number of nitrogens with one attached hydrogen (secondary N) is 1. The lowest BCUT2D eigenvalue weighted by Crippen LogP contribution is -2.33. The van der Waals surface area contributed by atoms with Crippen LogP contribution >= 0.6 is 15.9 Å². The summed E-state index contributed by atoms with van der Waals surface area (Å²) in [4.78, 5) is 0.113. The van der Waals surface area contributed by atoms with Gasteiger partial charge in [-0.1, -0.05) is 82.2 Å². The van der Waals surface area contributed by atoms with E-state index in [-0.39, 0.29) is 15.5 Å². The largest absolute Gasteiger partial charge is 0.497 e. The van der Waals surface area contributed by atoms with E-state index in [1.165, 1.54) is 42.5 Å². The number of aryl methyl sites for hydroxylation is 1. The highest BCUT2D eigenvalue weighted by Gasteiger charge is 2.36. The highest BCUT2D eigenvalue weighted by atomic mass is 79.9. The maximum Gasteiger partial charge on any atom is 0.268 e. The van der Waals surface area contributed by atoms with Crippen molar-refractivity contribution in [3.05, 3.63) is 126 Å². The first-order chi connectivity index (χ1) is 20.6. The van der Waals surface area contributed by atoms with Crippen LogP contribution in [0.1, 0.15) is 34.5 Å². The number of alkyl halides is 1. The summed E-state index contributed by atoms with van der Waals surface area (Å²) in [7, 11) is -5.31. The van der Waals surface area contributed by atoms with Crippen LogP contribution in [0.2, 0.25) is 0 Å². The molecule has 0 aliphatic rings. The van der Waals surface area contributed by atoms with Crippen molar-refractivity contribution in [2.75, 3.05) is 19.5 Å². The zero-order valence-corrected chi connectivity index (χ0v) is 27.0. The maximum atomic E-state index is 14.5. The second kappa shape index (κ2) is 12.6. The van der Waals surface area contributed by atoms with E-state index < -0.39 is 32.2 Å². The SMILES string of the molecule is COc1ccc(C(NS(=O)(=O)c2ccc(C)cc2)c2c(C(CBr)OC)c3ccccc3n2S(=O)(=O)c2ccccc2)cc1. The first-order valence-corrected chi connectivity index (χ1v) is 17.4. The fourth-order valence-corrected chi connectivity index (χ4v) is 8.47. The van der Waals surface area contributed by atoms with Crippen molar-refractivity contribution in [1.82, 2.24) is 8.69 Å². The third-order valence-corrected chi connectivity index (χ3v) is 11.0. The Balaban J connectivity index is 1.89. The number of halogens is 1. The Morgan fingerprint density at radius 3 is 2.02 bits per heavy atom. The molecule has 2 atom stereocenters. The fraction of sp³-hybridized carbons (Fsp3) is 0.188. The summed E-state index contributed by atoms with van der Waals surface area (Å²) in [5.74, 6) is 0.566. The molecule has 4 aromatic carbocycles. The van der Waals surface area contributed by atoms with Crippen LogP contribution in [0.25, 0.3) is 10.9 Å². The molecule has 224 valence electrons. The molecule has 43 heavy (non-hydrogen) atoms. The normalized spacial score (nSPS) is 13.6. The van der Waals surface area contributed by atoms with Crippen LogP contribution in [-0.4, -0.2) is 40.4 Å². The van der Waals surface area contributed by atoms with Crippen molar-refractivity contribution < 1.29 is 26.3 Å². The van der Waals surface area contributed by atoms with Crippen LogP contribution in [0.5, 0.6) is 5.75 Å². The molecule has 0 spiro atoms. The van der Waals surface area contributed by atoms with Gasteiger partial charge in [-0.3, -0.25) is 0 Å². The number of para-hydroxylation sites is 1. The van der Waals surface area contributed by atoms with E-state index in [4.69, 9.17) is 9.47 Å². The zero-order valence-electron chi connectivity index (χ0n) is 23.8. The smallest absolute Gasteiger partial charge is 0.268 e. The molecule has 0 saturated carbocycles.